The molecule has 1 rings (SSSR count). The van der Waals surface area contributed by atoms with Crippen LogP contribution in [-0.2, 0) is 11.2 Å². The molecule has 23 heavy (non-hydrogen) atoms. The lowest BCUT2D eigenvalue weighted by molar-refractivity contribution is 0.128. The van der Waals surface area contributed by atoms with Crippen LogP contribution in [0.25, 0.3) is 0 Å². The zero-order chi connectivity index (χ0) is 16.2. The van der Waals surface area contributed by atoms with E-state index in [2.05, 4.69) is 29.5 Å². The first-order valence-corrected chi connectivity index (χ1v) is 7.89. The van der Waals surface area contributed by atoms with Gasteiger partial charge in [0.15, 0.2) is 5.96 Å². The van der Waals surface area contributed by atoms with Gasteiger partial charge in [0.05, 0.1) is 6.61 Å². The number of ether oxygens (including phenoxy) is 1. The van der Waals surface area contributed by atoms with E-state index in [0.29, 0.717) is 43.6 Å². The van der Waals surface area contributed by atoms with Crippen molar-refractivity contribution >= 4 is 29.9 Å². The quantitative estimate of drug-likeness (QED) is 0.270. The van der Waals surface area contributed by atoms with Crippen molar-refractivity contribution in [1.82, 2.24) is 10.6 Å². The summed E-state index contributed by atoms with van der Waals surface area (Å²) >= 11 is 0. The van der Waals surface area contributed by atoms with E-state index in [1.807, 2.05) is 6.07 Å². The molecule has 0 spiro atoms. The number of aliphatic imine (C=N–C) groups is 1. The lowest BCUT2D eigenvalue weighted by Crippen LogP contribution is -2.39. The number of nitrogens with one attached hydrogen (secondary N) is 2. The number of hydrogen-bond donors (Lipinski definition) is 2. The molecule has 0 aliphatic rings. The maximum Gasteiger partial charge on any atom is 0.191 e. The summed E-state index contributed by atoms with van der Waals surface area (Å²) in [5, 5.41) is 6.35. The zero-order valence-corrected chi connectivity index (χ0v) is 16.6. The second-order valence-corrected chi connectivity index (χ2v) is 5.56. The molecule has 0 radical (unpaired) electrons. The summed E-state index contributed by atoms with van der Waals surface area (Å²) in [6, 6.07) is 6.83. The Morgan fingerprint density at radius 3 is 2.52 bits per heavy atom. The molecule has 1 aromatic rings. The first kappa shape index (κ1) is 22.1. The average molecular weight is 437 g/mol. The molecule has 0 bridgehead atoms. The molecule has 1 aromatic carbocycles. The normalized spacial score (nSPS) is 11.3. The number of nitrogens with zero attached hydrogens (tertiary/aromatic N) is 1. The van der Waals surface area contributed by atoms with Crippen molar-refractivity contribution < 1.29 is 9.13 Å². The molecule has 132 valence electrons. The molecule has 0 amide bonds. The summed E-state index contributed by atoms with van der Waals surface area (Å²) in [5.41, 5.74) is 0.711. The van der Waals surface area contributed by atoms with E-state index in [-0.39, 0.29) is 29.8 Å². The first-order valence-electron chi connectivity index (χ1n) is 7.89. The summed E-state index contributed by atoms with van der Waals surface area (Å²) in [5.74, 6) is 1.22. The van der Waals surface area contributed by atoms with Gasteiger partial charge in [0.2, 0.25) is 0 Å². The number of halogens is 2. The minimum absolute atomic E-state index is 0. The Morgan fingerprint density at radius 2 is 1.87 bits per heavy atom. The maximum absolute atomic E-state index is 13.5. The molecule has 4 nitrogen and oxygen atoms in total. The van der Waals surface area contributed by atoms with Crippen LogP contribution in [0.4, 0.5) is 4.39 Å². The molecule has 6 heteroatoms. The van der Waals surface area contributed by atoms with Gasteiger partial charge in [-0.15, -0.1) is 24.0 Å². The Hall–Kier alpha value is -0.890. The lowest BCUT2D eigenvalue weighted by atomic mass is 10.1. The minimum Gasteiger partial charge on any atom is -0.380 e. The maximum atomic E-state index is 13.5. The second kappa shape index (κ2) is 13.5. The van der Waals surface area contributed by atoms with Crippen LogP contribution in [0.1, 0.15) is 25.8 Å². The molecular weight excluding hydrogens is 408 g/mol. The van der Waals surface area contributed by atoms with Crippen molar-refractivity contribution in [3.63, 3.8) is 0 Å². The predicted octanol–water partition coefficient (Wildman–Crippen LogP) is 3.21. The van der Waals surface area contributed by atoms with Gasteiger partial charge in [0, 0.05) is 26.7 Å². The van der Waals surface area contributed by atoms with Crippen LogP contribution in [0.2, 0.25) is 0 Å². The fourth-order valence-electron chi connectivity index (χ4n) is 1.90. The van der Waals surface area contributed by atoms with Crippen LogP contribution in [0, 0.1) is 11.7 Å². The standard InChI is InChI=1S/C17H28FN3O.HI/c1-14(2)9-12-22-13-11-21-17(19-3)20-10-8-15-6-4-5-7-16(15)18;/h4-7,14H,8-13H2,1-3H3,(H2,19,20,21);1H. The van der Waals surface area contributed by atoms with Crippen LogP contribution < -0.4 is 10.6 Å². The smallest absolute Gasteiger partial charge is 0.191 e. The Bertz CT molecular complexity index is 455. The van der Waals surface area contributed by atoms with Gasteiger partial charge in [-0.2, -0.15) is 0 Å². The fourth-order valence-corrected chi connectivity index (χ4v) is 1.90. The molecule has 0 aliphatic carbocycles. The minimum atomic E-state index is -0.161. The van der Waals surface area contributed by atoms with Gasteiger partial charge in [0.25, 0.3) is 0 Å². The summed E-state index contributed by atoms with van der Waals surface area (Å²) < 4.78 is 19.0. The van der Waals surface area contributed by atoms with Crippen molar-refractivity contribution in [2.75, 3.05) is 33.4 Å². The van der Waals surface area contributed by atoms with E-state index >= 15 is 0 Å². The van der Waals surface area contributed by atoms with E-state index in [0.717, 1.165) is 13.0 Å². The largest absolute Gasteiger partial charge is 0.380 e. The van der Waals surface area contributed by atoms with Crippen molar-refractivity contribution in [1.29, 1.82) is 0 Å². The molecule has 0 saturated carbocycles. The predicted molar refractivity (Wildman–Crippen MR) is 105 cm³/mol. The van der Waals surface area contributed by atoms with Gasteiger partial charge in [-0.05, 0) is 30.4 Å². The SMILES string of the molecule is CN=C(NCCOCCC(C)C)NCCc1ccccc1F.I. The highest BCUT2D eigenvalue weighted by atomic mass is 127. The van der Waals surface area contributed by atoms with E-state index in [1.165, 1.54) is 6.07 Å². The monoisotopic (exact) mass is 437 g/mol. The number of rotatable bonds is 9. The highest BCUT2D eigenvalue weighted by Gasteiger charge is 2.01. The van der Waals surface area contributed by atoms with Crippen molar-refractivity contribution in [2.45, 2.75) is 26.7 Å². The van der Waals surface area contributed by atoms with Crippen LogP contribution in [0.3, 0.4) is 0 Å². The third kappa shape index (κ3) is 10.5. The molecule has 2 N–H and O–H groups in total. The van der Waals surface area contributed by atoms with Crippen LogP contribution in [0.15, 0.2) is 29.3 Å². The summed E-state index contributed by atoms with van der Waals surface area (Å²) in [6.07, 6.45) is 1.70. The van der Waals surface area contributed by atoms with Gasteiger partial charge >= 0.3 is 0 Å². The highest BCUT2D eigenvalue weighted by Crippen LogP contribution is 2.06. The third-order valence-corrected chi connectivity index (χ3v) is 3.25. The molecule has 0 unspecified atom stereocenters. The average Bonchev–Trinajstić information content (AvgIpc) is 2.50. The Kier molecular flexibility index (Phi) is 13.0. The van der Waals surface area contributed by atoms with Crippen LogP contribution in [-0.4, -0.2) is 39.3 Å². The molecular formula is C17H29FIN3O. The number of benzene rings is 1. The van der Waals surface area contributed by atoms with E-state index in [9.17, 15) is 4.39 Å². The fraction of sp³-hybridized carbons (Fsp3) is 0.588. The first-order chi connectivity index (χ1) is 10.6. The summed E-state index contributed by atoms with van der Waals surface area (Å²) in [4.78, 5) is 4.13. The molecule has 0 fully saturated rings. The van der Waals surface area contributed by atoms with Gasteiger partial charge in [0.1, 0.15) is 5.82 Å². The Labute approximate surface area is 156 Å². The highest BCUT2D eigenvalue weighted by molar-refractivity contribution is 14.0. The lowest BCUT2D eigenvalue weighted by Gasteiger charge is -2.12. The summed E-state index contributed by atoms with van der Waals surface area (Å²) in [6.45, 7) is 7.15. The van der Waals surface area contributed by atoms with E-state index in [4.69, 9.17) is 4.74 Å². The van der Waals surface area contributed by atoms with Gasteiger partial charge < -0.3 is 15.4 Å². The van der Waals surface area contributed by atoms with Gasteiger partial charge in [-0.25, -0.2) is 4.39 Å². The van der Waals surface area contributed by atoms with Gasteiger partial charge in [-0.3, -0.25) is 4.99 Å². The van der Waals surface area contributed by atoms with Crippen molar-refractivity contribution in [3.05, 3.63) is 35.6 Å². The topological polar surface area (TPSA) is 45.7 Å². The summed E-state index contributed by atoms with van der Waals surface area (Å²) in [7, 11) is 1.72. The Balaban J connectivity index is 0.00000484. The number of guanidine groups is 1. The molecule has 0 heterocycles. The number of hydrogen-bond acceptors (Lipinski definition) is 2. The second-order valence-electron chi connectivity index (χ2n) is 5.56. The van der Waals surface area contributed by atoms with Crippen molar-refractivity contribution in [3.8, 4) is 0 Å². The van der Waals surface area contributed by atoms with E-state index < -0.39 is 0 Å². The third-order valence-electron chi connectivity index (χ3n) is 3.25. The molecule has 0 saturated heterocycles. The molecule has 0 atom stereocenters. The van der Waals surface area contributed by atoms with Crippen molar-refractivity contribution in [2.24, 2.45) is 10.9 Å². The van der Waals surface area contributed by atoms with Crippen LogP contribution in [0.5, 0.6) is 0 Å². The zero-order valence-electron chi connectivity index (χ0n) is 14.3. The molecule has 0 aromatic heterocycles. The Morgan fingerprint density at radius 1 is 1.17 bits per heavy atom. The van der Waals surface area contributed by atoms with Crippen LogP contribution >= 0.6 is 24.0 Å². The van der Waals surface area contributed by atoms with E-state index in [1.54, 1.807) is 19.2 Å². The van der Waals surface area contributed by atoms with Gasteiger partial charge in [-0.1, -0.05) is 32.0 Å². The molecule has 0 aliphatic heterocycles.